The lowest BCUT2D eigenvalue weighted by atomic mass is 10.3. The molecule has 0 saturated heterocycles. The Kier molecular flexibility index (Phi) is 3.96. The van der Waals surface area contributed by atoms with Crippen LogP contribution in [0.4, 0.5) is 0 Å². The lowest BCUT2D eigenvalue weighted by Crippen LogP contribution is -2.25. The minimum Gasteiger partial charge on any atom is -0.478 e. The SMILES string of the molecule is CCN(CC=CC(=O)O)CC1CC1. The fraction of sp³-hybridized carbons (Fsp3) is 0.700. The molecule has 1 N–H and O–H groups in total. The highest BCUT2D eigenvalue weighted by molar-refractivity contribution is 5.79. The van der Waals surface area contributed by atoms with Gasteiger partial charge in [0.1, 0.15) is 0 Å². The third kappa shape index (κ3) is 4.68. The minimum atomic E-state index is -0.859. The van der Waals surface area contributed by atoms with Gasteiger partial charge in [0.25, 0.3) is 0 Å². The topological polar surface area (TPSA) is 40.5 Å². The van der Waals surface area contributed by atoms with E-state index in [-0.39, 0.29) is 0 Å². The summed E-state index contributed by atoms with van der Waals surface area (Å²) in [5.41, 5.74) is 0. The first-order valence-corrected chi connectivity index (χ1v) is 4.84. The van der Waals surface area contributed by atoms with Crippen LogP contribution in [0, 0.1) is 5.92 Å². The molecule has 1 aliphatic carbocycles. The van der Waals surface area contributed by atoms with Crippen LogP contribution in [0.25, 0.3) is 0 Å². The van der Waals surface area contributed by atoms with Gasteiger partial charge >= 0.3 is 5.97 Å². The van der Waals surface area contributed by atoms with E-state index in [1.807, 2.05) is 0 Å². The molecule has 1 rings (SSSR count). The summed E-state index contributed by atoms with van der Waals surface area (Å²) in [7, 11) is 0. The molecule has 0 amide bonds. The number of aliphatic carboxylic acids is 1. The Labute approximate surface area is 79.0 Å². The van der Waals surface area contributed by atoms with E-state index in [0.717, 1.165) is 25.6 Å². The number of carboxylic acids is 1. The number of nitrogens with zero attached hydrogens (tertiary/aromatic N) is 1. The summed E-state index contributed by atoms with van der Waals surface area (Å²) in [6.45, 7) is 5.00. The molecule has 0 atom stereocenters. The maximum absolute atomic E-state index is 10.2. The second-order valence-electron chi connectivity index (χ2n) is 3.54. The highest BCUT2D eigenvalue weighted by Gasteiger charge is 2.22. The molecule has 0 aromatic heterocycles. The minimum absolute atomic E-state index is 0.763. The van der Waals surface area contributed by atoms with Crippen molar-refractivity contribution in [1.82, 2.24) is 4.90 Å². The van der Waals surface area contributed by atoms with Crippen LogP contribution in [0.15, 0.2) is 12.2 Å². The fourth-order valence-electron chi connectivity index (χ4n) is 1.30. The van der Waals surface area contributed by atoms with E-state index in [4.69, 9.17) is 5.11 Å². The van der Waals surface area contributed by atoms with E-state index in [2.05, 4.69) is 11.8 Å². The smallest absolute Gasteiger partial charge is 0.328 e. The molecule has 1 aliphatic rings. The van der Waals surface area contributed by atoms with Gasteiger partial charge in [-0.3, -0.25) is 4.90 Å². The summed E-state index contributed by atoms with van der Waals surface area (Å²) in [6.07, 6.45) is 5.63. The molecule has 13 heavy (non-hydrogen) atoms. The molecular weight excluding hydrogens is 166 g/mol. The van der Waals surface area contributed by atoms with Crippen molar-refractivity contribution in [3.8, 4) is 0 Å². The molecule has 0 aromatic carbocycles. The van der Waals surface area contributed by atoms with Gasteiger partial charge in [-0.1, -0.05) is 13.0 Å². The molecule has 0 radical (unpaired) electrons. The first-order valence-electron chi connectivity index (χ1n) is 4.84. The molecule has 0 unspecified atom stereocenters. The van der Waals surface area contributed by atoms with E-state index >= 15 is 0 Å². The Hall–Kier alpha value is -0.830. The number of carbonyl (C=O) groups is 1. The Bertz CT molecular complexity index is 197. The summed E-state index contributed by atoms with van der Waals surface area (Å²) in [5.74, 6) is 0.0145. The van der Waals surface area contributed by atoms with Gasteiger partial charge in [0, 0.05) is 19.2 Å². The number of hydrogen-bond donors (Lipinski definition) is 1. The van der Waals surface area contributed by atoms with Gasteiger partial charge in [-0.15, -0.1) is 0 Å². The average Bonchev–Trinajstić information content (AvgIpc) is 2.86. The number of hydrogen-bond acceptors (Lipinski definition) is 2. The van der Waals surface area contributed by atoms with Crippen LogP contribution in [0.2, 0.25) is 0 Å². The zero-order valence-corrected chi connectivity index (χ0v) is 8.07. The van der Waals surface area contributed by atoms with Gasteiger partial charge < -0.3 is 5.11 Å². The van der Waals surface area contributed by atoms with Gasteiger partial charge in [-0.05, 0) is 25.3 Å². The largest absolute Gasteiger partial charge is 0.478 e. The van der Waals surface area contributed by atoms with Crippen molar-refractivity contribution >= 4 is 5.97 Å². The van der Waals surface area contributed by atoms with Crippen molar-refractivity contribution in [3.63, 3.8) is 0 Å². The van der Waals surface area contributed by atoms with Gasteiger partial charge in [-0.2, -0.15) is 0 Å². The van der Waals surface area contributed by atoms with Crippen LogP contribution in [-0.4, -0.2) is 35.6 Å². The zero-order chi connectivity index (χ0) is 9.68. The molecule has 0 aliphatic heterocycles. The maximum Gasteiger partial charge on any atom is 0.328 e. The van der Waals surface area contributed by atoms with E-state index < -0.39 is 5.97 Å². The number of rotatable bonds is 6. The molecule has 0 bridgehead atoms. The highest BCUT2D eigenvalue weighted by Crippen LogP contribution is 2.29. The Morgan fingerprint density at radius 2 is 2.31 bits per heavy atom. The van der Waals surface area contributed by atoms with Gasteiger partial charge in [0.15, 0.2) is 0 Å². The number of likely N-dealkylation sites (N-methyl/N-ethyl adjacent to an activating group) is 1. The molecular formula is C10H17NO2. The van der Waals surface area contributed by atoms with Gasteiger partial charge in [-0.25, -0.2) is 4.79 Å². The van der Waals surface area contributed by atoms with Gasteiger partial charge in [0.05, 0.1) is 0 Å². The molecule has 0 aromatic rings. The summed E-state index contributed by atoms with van der Waals surface area (Å²) in [5, 5.41) is 8.39. The summed E-state index contributed by atoms with van der Waals surface area (Å²) in [4.78, 5) is 12.5. The molecule has 74 valence electrons. The molecule has 1 saturated carbocycles. The Balaban J connectivity index is 2.17. The standard InChI is InChI=1S/C10H17NO2/c1-2-11(8-9-5-6-9)7-3-4-10(12)13/h3-4,9H,2,5-8H2,1H3,(H,12,13). The maximum atomic E-state index is 10.2. The summed E-state index contributed by atoms with van der Waals surface area (Å²) < 4.78 is 0. The fourth-order valence-corrected chi connectivity index (χ4v) is 1.30. The molecule has 3 heteroatoms. The first-order chi connectivity index (χ1) is 6.22. The monoisotopic (exact) mass is 183 g/mol. The third-order valence-corrected chi connectivity index (χ3v) is 2.28. The van der Waals surface area contributed by atoms with E-state index in [1.165, 1.54) is 18.9 Å². The van der Waals surface area contributed by atoms with Crippen LogP contribution in [-0.2, 0) is 4.79 Å². The quantitative estimate of drug-likeness (QED) is 0.632. The predicted molar refractivity (Wildman–Crippen MR) is 51.6 cm³/mol. The molecule has 1 fully saturated rings. The van der Waals surface area contributed by atoms with Crippen LogP contribution in [0.1, 0.15) is 19.8 Å². The van der Waals surface area contributed by atoms with Gasteiger partial charge in [0.2, 0.25) is 0 Å². The van der Waals surface area contributed by atoms with Crippen molar-refractivity contribution in [3.05, 3.63) is 12.2 Å². The van der Waals surface area contributed by atoms with Crippen molar-refractivity contribution in [1.29, 1.82) is 0 Å². The zero-order valence-electron chi connectivity index (χ0n) is 8.07. The van der Waals surface area contributed by atoms with Crippen LogP contribution in [0.3, 0.4) is 0 Å². The third-order valence-electron chi connectivity index (χ3n) is 2.28. The van der Waals surface area contributed by atoms with Crippen molar-refractivity contribution < 1.29 is 9.90 Å². The normalized spacial score (nSPS) is 17.1. The predicted octanol–water partition coefficient (Wildman–Crippen LogP) is 1.36. The lowest BCUT2D eigenvalue weighted by molar-refractivity contribution is -0.131. The van der Waals surface area contributed by atoms with Crippen molar-refractivity contribution in [2.45, 2.75) is 19.8 Å². The second-order valence-corrected chi connectivity index (χ2v) is 3.54. The summed E-state index contributed by atoms with van der Waals surface area (Å²) in [6, 6.07) is 0. The Morgan fingerprint density at radius 1 is 1.62 bits per heavy atom. The van der Waals surface area contributed by atoms with Crippen LogP contribution in [0.5, 0.6) is 0 Å². The van der Waals surface area contributed by atoms with Crippen molar-refractivity contribution in [2.75, 3.05) is 19.6 Å². The summed E-state index contributed by atoms with van der Waals surface area (Å²) >= 11 is 0. The lowest BCUT2D eigenvalue weighted by Gasteiger charge is -2.17. The average molecular weight is 183 g/mol. The van der Waals surface area contributed by atoms with E-state index in [9.17, 15) is 4.79 Å². The van der Waals surface area contributed by atoms with Crippen molar-refractivity contribution in [2.24, 2.45) is 5.92 Å². The first kappa shape index (κ1) is 10.3. The Morgan fingerprint density at radius 3 is 2.77 bits per heavy atom. The number of carboxylic acid groups (broad SMARTS) is 1. The van der Waals surface area contributed by atoms with E-state index in [1.54, 1.807) is 6.08 Å². The molecule has 3 nitrogen and oxygen atoms in total. The van der Waals surface area contributed by atoms with Crippen LogP contribution < -0.4 is 0 Å². The highest BCUT2D eigenvalue weighted by atomic mass is 16.4. The molecule has 0 spiro atoms. The van der Waals surface area contributed by atoms with Crippen LogP contribution >= 0.6 is 0 Å². The van der Waals surface area contributed by atoms with E-state index in [0.29, 0.717) is 0 Å². The second kappa shape index (κ2) is 5.02. The molecule has 0 heterocycles.